The van der Waals surface area contributed by atoms with Crippen molar-refractivity contribution in [3.63, 3.8) is 0 Å². The molecule has 0 fully saturated rings. The molecule has 3 rings (SSSR count). The first kappa shape index (κ1) is 24.2. The third kappa shape index (κ3) is 4.40. The van der Waals surface area contributed by atoms with Crippen molar-refractivity contribution >= 4 is 22.1 Å². The Labute approximate surface area is 193 Å². The average Bonchev–Trinajstić information content (AvgIpc) is 3.03. The monoisotopic (exact) mass is 458 g/mol. The van der Waals surface area contributed by atoms with Gasteiger partial charge in [0.25, 0.3) is 5.44 Å². The largest absolute Gasteiger partial charge is 0.711 e. The molecule has 3 aromatic rings. The molecule has 0 radical (unpaired) electrons. The molecule has 7 heteroatoms. The van der Waals surface area contributed by atoms with Crippen molar-refractivity contribution in [2.75, 3.05) is 0 Å². The van der Waals surface area contributed by atoms with Crippen LogP contribution in [0.1, 0.15) is 54.0 Å². The minimum absolute atomic E-state index is 0.111. The Bertz CT molecular complexity index is 1120. The maximum absolute atomic E-state index is 13.2. The lowest BCUT2D eigenvalue weighted by atomic mass is 10.2. The Morgan fingerprint density at radius 1 is 1.03 bits per heavy atom. The van der Waals surface area contributed by atoms with Gasteiger partial charge in [-0.2, -0.15) is 0 Å². The molecule has 0 aliphatic rings. The molecule has 0 N–H and O–H groups in total. The first-order valence-electron chi connectivity index (χ1n) is 11.4. The van der Waals surface area contributed by atoms with Gasteiger partial charge >= 0.3 is 11.3 Å². The maximum atomic E-state index is 13.2. The fourth-order valence-electron chi connectivity index (χ4n) is 4.38. The van der Waals surface area contributed by atoms with Crippen LogP contribution in [0.25, 0.3) is 16.9 Å². The summed E-state index contributed by atoms with van der Waals surface area (Å²) < 4.78 is 10.4. The van der Waals surface area contributed by atoms with Crippen LogP contribution in [0.3, 0.4) is 0 Å². The quantitative estimate of drug-likeness (QED) is 0.283. The molecule has 0 spiro atoms. The lowest BCUT2D eigenvalue weighted by Crippen LogP contribution is -2.42. The van der Waals surface area contributed by atoms with Crippen LogP contribution in [0.4, 0.5) is 0 Å². The standard InChI is InChI=1S/C25H36N3O3S/c1-9-26-22-19(8)14-15-27(30)23(22)28(25(26)29)20-10-12-21(13-11-20)31-24(16(2)3)32(17(4)5)18(6)7/h10-18,24H,9H2,1-8H3/q+1/t24-/m0/s1. The van der Waals surface area contributed by atoms with E-state index < -0.39 is 0 Å². The Morgan fingerprint density at radius 3 is 2.12 bits per heavy atom. The highest BCUT2D eigenvalue weighted by Crippen LogP contribution is 2.28. The minimum Gasteiger partial charge on any atom is -0.711 e. The van der Waals surface area contributed by atoms with Gasteiger partial charge in [-0.3, -0.25) is 4.57 Å². The van der Waals surface area contributed by atoms with Crippen molar-refractivity contribution < 1.29 is 9.47 Å². The lowest BCUT2D eigenvalue weighted by molar-refractivity contribution is -0.579. The van der Waals surface area contributed by atoms with Gasteiger partial charge in [0.2, 0.25) is 0 Å². The molecule has 2 aromatic heterocycles. The van der Waals surface area contributed by atoms with Crippen LogP contribution in [0.15, 0.2) is 41.3 Å². The second-order valence-electron chi connectivity index (χ2n) is 9.09. The molecule has 174 valence electrons. The topological polar surface area (TPSA) is 63.1 Å². The van der Waals surface area contributed by atoms with E-state index in [2.05, 4.69) is 41.5 Å². The number of pyridine rings is 1. The molecule has 0 saturated carbocycles. The molecule has 0 bridgehead atoms. The smallest absolute Gasteiger partial charge is 0.421 e. The van der Waals surface area contributed by atoms with Crippen molar-refractivity contribution in [2.24, 2.45) is 5.92 Å². The van der Waals surface area contributed by atoms with E-state index in [0.29, 0.717) is 39.8 Å². The maximum Gasteiger partial charge on any atom is 0.421 e. The highest BCUT2D eigenvalue weighted by molar-refractivity contribution is 7.98. The highest BCUT2D eigenvalue weighted by Gasteiger charge is 2.40. The lowest BCUT2D eigenvalue weighted by Gasteiger charge is -2.28. The first-order chi connectivity index (χ1) is 15.1. The van der Waals surface area contributed by atoms with E-state index in [1.165, 1.54) is 10.8 Å². The second kappa shape index (κ2) is 9.61. The van der Waals surface area contributed by atoms with E-state index in [0.717, 1.165) is 16.0 Å². The van der Waals surface area contributed by atoms with Crippen molar-refractivity contribution in [3.8, 4) is 11.4 Å². The van der Waals surface area contributed by atoms with Crippen LogP contribution in [-0.4, -0.2) is 25.1 Å². The van der Waals surface area contributed by atoms with Crippen LogP contribution in [0, 0.1) is 18.0 Å². The van der Waals surface area contributed by atoms with Crippen molar-refractivity contribution in [1.82, 2.24) is 9.13 Å². The van der Waals surface area contributed by atoms with Crippen LogP contribution >= 0.6 is 0 Å². The number of aromatic nitrogens is 3. The zero-order valence-electron chi connectivity index (χ0n) is 20.5. The number of imidazole rings is 1. The molecule has 1 atom stereocenters. The van der Waals surface area contributed by atoms with Gasteiger partial charge in [0.15, 0.2) is 0 Å². The van der Waals surface area contributed by atoms with Gasteiger partial charge in [0.1, 0.15) is 27.5 Å². The second-order valence-corrected chi connectivity index (χ2v) is 12.3. The summed E-state index contributed by atoms with van der Waals surface area (Å²) in [6, 6.07) is 9.27. The Morgan fingerprint density at radius 2 is 1.62 bits per heavy atom. The van der Waals surface area contributed by atoms with Crippen molar-refractivity contribution in [3.05, 3.63) is 57.8 Å². The Balaban J connectivity index is 2.03. The van der Waals surface area contributed by atoms with Gasteiger partial charge in [-0.15, -0.1) is 4.57 Å². The number of ether oxygens (including phenoxy) is 1. The summed E-state index contributed by atoms with van der Waals surface area (Å²) in [4.78, 5) is 13.2. The van der Waals surface area contributed by atoms with Crippen LogP contribution in [0.5, 0.6) is 5.75 Å². The summed E-state index contributed by atoms with van der Waals surface area (Å²) in [7, 11) is 0.111. The fourth-order valence-corrected chi connectivity index (χ4v) is 7.39. The zero-order valence-corrected chi connectivity index (χ0v) is 21.3. The molecular formula is C25H36N3O3S+. The highest BCUT2D eigenvalue weighted by atomic mass is 32.2. The predicted octanol–water partition coefficient (Wildman–Crippen LogP) is 4.55. The molecule has 1 aromatic carbocycles. The molecule has 0 aliphatic carbocycles. The Kier molecular flexibility index (Phi) is 7.28. The SMILES string of the molecule is CCn1c(=O)n(-c2ccc(O[C@H](C(C)C)[S+](C(C)C)C(C)C)cc2)c2c1c(C)cc[n+]2[O-]. The van der Waals surface area contributed by atoms with Gasteiger partial charge in [-0.05, 0) is 77.4 Å². The molecule has 2 heterocycles. The van der Waals surface area contributed by atoms with E-state index in [1.807, 2.05) is 38.1 Å². The van der Waals surface area contributed by atoms with E-state index >= 15 is 0 Å². The predicted molar refractivity (Wildman–Crippen MR) is 134 cm³/mol. The van der Waals surface area contributed by atoms with Gasteiger partial charge in [-0.25, -0.2) is 9.52 Å². The third-order valence-corrected chi connectivity index (χ3v) is 9.08. The number of hydrogen-bond acceptors (Lipinski definition) is 3. The molecule has 0 amide bonds. The number of fused-ring (bicyclic) bond motifs is 1. The number of benzene rings is 1. The van der Waals surface area contributed by atoms with Crippen LogP contribution in [-0.2, 0) is 17.4 Å². The molecule has 0 aliphatic heterocycles. The van der Waals surface area contributed by atoms with Gasteiger partial charge in [0, 0.05) is 23.4 Å². The average molecular weight is 459 g/mol. The summed E-state index contributed by atoms with van der Waals surface area (Å²) >= 11 is 0. The van der Waals surface area contributed by atoms with Crippen molar-refractivity contribution in [1.29, 1.82) is 0 Å². The van der Waals surface area contributed by atoms with Crippen molar-refractivity contribution in [2.45, 2.75) is 77.9 Å². The summed E-state index contributed by atoms with van der Waals surface area (Å²) in [5.74, 6) is 1.17. The molecule has 0 saturated heterocycles. The number of nitrogens with zero attached hydrogens (tertiary/aromatic N) is 3. The minimum atomic E-state index is -0.212. The van der Waals surface area contributed by atoms with E-state index in [9.17, 15) is 10.0 Å². The van der Waals surface area contributed by atoms with E-state index in [1.54, 1.807) is 10.6 Å². The summed E-state index contributed by atoms with van der Waals surface area (Å²) in [6.45, 7) is 17.8. The first-order valence-corrected chi connectivity index (χ1v) is 12.8. The number of hydrogen-bond donors (Lipinski definition) is 0. The van der Waals surface area contributed by atoms with E-state index in [4.69, 9.17) is 4.74 Å². The normalized spacial score (nSPS) is 13.1. The van der Waals surface area contributed by atoms with Gasteiger partial charge in [0.05, 0.1) is 6.20 Å². The summed E-state index contributed by atoms with van der Waals surface area (Å²) in [6.07, 6.45) is 1.46. The van der Waals surface area contributed by atoms with Gasteiger partial charge < -0.3 is 9.94 Å². The number of aryl methyl sites for hydroxylation is 2. The number of rotatable bonds is 8. The molecular weight excluding hydrogens is 422 g/mol. The fraction of sp³-hybridized carbons (Fsp3) is 0.520. The zero-order chi connectivity index (χ0) is 23.7. The molecule has 6 nitrogen and oxygen atoms in total. The third-order valence-electron chi connectivity index (χ3n) is 5.72. The molecule has 0 unspecified atom stereocenters. The van der Waals surface area contributed by atoms with Crippen LogP contribution < -0.4 is 15.2 Å². The summed E-state index contributed by atoms with van der Waals surface area (Å²) in [5.41, 5.74) is 2.50. The Hall–Kier alpha value is -2.41. The van der Waals surface area contributed by atoms with E-state index in [-0.39, 0.29) is 22.0 Å². The van der Waals surface area contributed by atoms with Gasteiger partial charge in [-0.1, -0.05) is 13.8 Å². The molecule has 32 heavy (non-hydrogen) atoms. The summed E-state index contributed by atoms with van der Waals surface area (Å²) in [5, 5.41) is 13.7. The van der Waals surface area contributed by atoms with Crippen LogP contribution in [0.2, 0.25) is 0 Å².